The third-order valence-corrected chi connectivity index (χ3v) is 6.86. The van der Waals surface area contributed by atoms with Crippen molar-refractivity contribution in [2.75, 3.05) is 0 Å². The Labute approximate surface area is 133 Å². The summed E-state index contributed by atoms with van der Waals surface area (Å²) >= 11 is 12.0. The van der Waals surface area contributed by atoms with Gasteiger partial charge in [-0.15, -0.1) is 11.3 Å². The van der Waals surface area contributed by atoms with E-state index in [1.54, 1.807) is 17.4 Å². The third-order valence-electron chi connectivity index (χ3n) is 2.37. The number of benzene rings is 1. The van der Waals surface area contributed by atoms with Crippen molar-refractivity contribution < 1.29 is 8.78 Å². The first-order valence-corrected chi connectivity index (χ1v) is 8.32. The lowest BCUT2D eigenvalue weighted by Gasteiger charge is -2.07. The van der Waals surface area contributed by atoms with E-state index < -0.39 is 11.6 Å². The number of hydrogen-bond donors (Lipinski definition) is 0. The zero-order valence-electron chi connectivity index (χ0n) is 8.89. The zero-order valence-corrected chi connectivity index (χ0v) is 14.5. The van der Waals surface area contributed by atoms with Crippen LogP contribution in [0.4, 0.5) is 8.78 Å². The topological polar surface area (TPSA) is 0 Å². The van der Waals surface area contributed by atoms with Gasteiger partial charge in [-0.2, -0.15) is 0 Å². The Hall–Kier alpha value is 0.220. The molecule has 0 aliphatic heterocycles. The molecule has 0 spiro atoms. The van der Waals surface area contributed by atoms with E-state index in [2.05, 4.69) is 47.8 Å². The maximum absolute atomic E-state index is 13.1. The number of rotatable bonds is 3. The molecule has 0 saturated carbocycles. The fourth-order valence-electron chi connectivity index (χ4n) is 1.49. The van der Waals surface area contributed by atoms with E-state index in [4.69, 9.17) is 0 Å². The monoisotopic (exact) mass is 458 g/mol. The molecule has 1 aromatic heterocycles. The molecular weight excluding hydrogens is 454 g/mol. The number of hydrogen-bond acceptors (Lipinski definition) is 1. The van der Waals surface area contributed by atoms with Crippen LogP contribution >= 0.6 is 59.1 Å². The third kappa shape index (κ3) is 3.40. The van der Waals surface area contributed by atoms with Crippen molar-refractivity contribution in [2.24, 2.45) is 0 Å². The molecule has 6 heteroatoms. The van der Waals surface area contributed by atoms with Gasteiger partial charge in [-0.25, -0.2) is 8.78 Å². The van der Waals surface area contributed by atoms with Crippen LogP contribution in [-0.4, -0.2) is 0 Å². The lowest BCUT2D eigenvalue weighted by molar-refractivity contribution is 0.507. The average Bonchev–Trinajstić information content (AvgIpc) is 2.65. The molecule has 2 rings (SSSR count). The highest BCUT2D eigenvalue weighted by Crippen LogP contribution is 2.39. The van der Waals surface area contributed by atoms with Crippen molar-refractivity contribution in [1.82, 2.24) is 0 Å². The van der Waals surface area contributed by atoms with Gasteiger partial charge in [0.25, 0.3) is 0 Å². The maximum Gasteiger partial charge on any atom is 0.159 e. The second kappa shape index (κ2) is 6.11. The second-order valence-electron chi connectivity index (χ2n) is 3.69. The standard InChI is InChI=1S/C12H7Br3F2S/c13-7(11-5-8(14)12(15)18-11)3-6-1-2-9(16)10(17)4-6/h1-2,4-5,7H,3H2. The van der Waals surface area contributed by atoms with Crippen LogP contribution in [0.1, 0.15) is 15.3 Å². The SMILES string of the molecule is Fc1ccc(CC(Br)c2cc(Br)c(Br)s2)cc1F. The largest absolute Gasteiger partial charge is 0.204 e. The van der Waals surface area contributed by atoms with Gasteiger partial charge in [-0.3, -0.25) is 0 Å². The molecule has 96 valence electrons. The van der Waals surface area contributed by atoms with Crippen molar-refractivity contribution in [3.63, 3.8) is 0 Å². The van der Waals surface area contributed by atoms with Crippen LogP contribution < -0.4 is 0 Å². The van der Waals surface area contributed by atoms with E-state index in [-0.39, 0.29) is 4.83 Å². The van der Waals surface area contributed by atoms with E-state index in [1.165, 1.54) is 6.07 Å². The Morgan fingerprint density at radius 3 is 2.39 bits per heavy atom. The van der Waals surface area contributed by atoms with Gasteiger partial charge < -0.3 is 0 Å². The highest BCUT2D eigenvalue weighted by Gasteiger charge is 2.14. The summed E-state index contributed by atoms with van der Waals surface area (Å²) in [6.45, 7) is 0. The van der Waals surface area contributed by atoms with Gasteiger partial charge in [-0.05, 0) is 62.0 Å². The first kappa shape index (κ1) is 14.6. The Kier molecular flexibility index (Phi) is 4.97. The zero-order chi connectivity index (χ0) is 13.3. The van der Waals surface area contributed by atoms with Crippen LogP contribution in [0, 0.1) is 11.6 Å². The van der Waals surface area contributed by atoms with Crippen LogP contribution in [0.5, 0.6) is 0 Å². The van der Waals surface area contributed by atoms with E-state index in [9.17, 15) is 8.78 Å². The molecule has 1 unspecified atom stereocenters. The Balaban J connectivity index is 2.15. The van der Waals surface area contributed by atoms with E-state index in [1.807, 2.05) is 6.07 Å². The molecule has 1 atom stereocenters. The average molecular weight is 461 g/mol. The van der Waals surface area contributed by atoms with Crippen molar-refractivity contribution >= 4 is 59.1 Å². The Bertz CT molecular complexity index is 549. The fourth-order valence-corrected chi connectivity index (χ4v) is 4.35. The molecule has 0 aliphatic rings. The van der Waals surface area contributed by atoms with E-state index >= 15 is 0 Å². The normalized spacial score (nSPS) is 12.7. The van der Waals surface area contributed by atoms with Crippen LogP contribution in [0.2, 0.25) is 0 Å². The van der Waals surface area contributed by atoms with E-state index in [0.717, 1.165) is 24.8 Å². The maximum atomic E-state index is 13.1. The van der Waals surface area contributed by atoms with Gasteiger partial charge in [0.1, 0.15) is 0 Å². The quantitative estimate of drug-likeness (QED) is 0.476. The van der Waals surface area contributed by atoms with Crippen LogP contribution in [0.15, 0.2) is 32.5 Å². The van der Waals surface area contributed by atoms with Gasteiger partial charge in [0.05, 0.1) is 8.61 Å². The lowest BCUT2D eigenvalue weighted by atomic mass is 10.1. The summed E-state index contributed by atoms with van der Waals surface area (Å²) in [6, 6.07) is 6.00. The van der Waals surface area contributed by atoms with Gasteiger partial charge >= 0.3 is 0 Å². The first-order chi connectivity index (χ1) is 8.47. The molecule has 0 fully saturated rings. The Morgan fingerprint density at radius 2 is 1.83 bits per heavy atom. The molecule has 1 aromatic carbocycles. The summed E-state index contributed by atoms with van der Waals surface area (Å²) in [5.74, 6) is -1.62. The van der Waals surface area contributed by atoms with Crippen molar-refractivity contribution in [3.8, 4) is 0 Å². The molecule has 0 saturated heterocycles. The number of halogens is 5. The molecule has 1 heterocycles. The summed E-state index contributed by atoms with van der Waals surface area (Å²) in [4.78, 5) is 1.20. The summed E-state index contributed by atoms with van der Waals surface area (Å²) in [5.41, 5.74) is 0.761. The highest BCUT2D eigenvalue weighted by atomic mass is 79.9. The molecule has 0 amide bonds. The van der Waals surface area contributed by atoms with Crippen molar-refractivity contribution in [3.05, 3.63) is 54.6 Å². The molecule has 2 aromatic rings. The number of thiophene rings is 1. The fraction of sp³-hybridized carbons (Fsp3) is 0.167. The minimum Gasteiger partial charge on any atom is -0.204 e. The van der Waals surface area contributed by atoms with Crippen LogP contribution in [0.25, 0.3) is 0 Å². The summed E-state index contributed by atoms with van der Waals surface area (Å²) in [6.07, 6.45) is 0.608. The molecule has 0 aliphatic carbocycles. The summed E-state index contributed by atoms with van der Waals surface area (Å²) in [5, 5.41) is 0. The minimum absolute atomic E-state index is 0.0787. The molecule has 0 bridgehead atoms. The van der Waals surface area contributed by atoms with Gasteiger partial charge in [-0.1, -0.05) is 22.0 Å². The smallest absolute Gasteiger partial charge is 0.159 e. The van der Waals surface area contributed by atoms with E-state index in [0.29, 0.717) is 6.42 Å². The van der Waals surface area contributed by atoms with Crippen molar-refractivity contribution in [1.29, 1.82) is 0 Å². The predicted molar refractivity (Wildman–Crippen MR) is 81.4 cm³/mol. The first-order valence-electron chi connectivity index (χ1n) is 5.00. The lowest BCUT2D eigenvalue weighted by Crippen LogP contribution is -1.95. The van der Waals surface area contributed by atoms with Crippen LogP contribution in [-0.2, 0) is 6.42 Å². The van der Waals surface area contributed by atoms with Gasteiger partial charge in [0.15, 0.2) is 11.6 Å². The second-order valence-corrected chi connectivity index (χ2v) is 8.05. The summed E-state index contributed by atoms with van der Waals surface area (Å²) in [7, 11) is 0. The molecule has 0 nitrogen and oxygen atoms in total. The van der Waals surface area contributed by atoms with Gasteiger partial charge in [0, 0.05) is 9.35 Å². The predicted octanol–water partition coefficient (Wildman–Crippen LogP) is 6.23. The Morgan fingerprint density at radius 1 is 1.11 bits per heavy atom. The summed E-state index contributed by atoms with van der Waals surface area (Å²) < 4.78 is 27.9. The van der Waals surface area contributed by atoms with Crippen LogP contribution in [0.3, 0.4) is 0 Å². The molecule has 18 heavy (non-hydrogen) atoms. The number of alkyl halides is 1. The van der Waals surface area contributed by atoms with Crippen molar-refractivity contribution in [2.45, 2.75) is 11.2 Å². The minimum atomic E-state index is -0.813. The molecule has 0 radical (unpaired) electrons. The highest BCUT2D eigenvalue weighted by molar-refractivity contribution is 9.13. The molecule has 0 N–H and O–H groups in total. The van der Waals surface area contributed by atoms with Gasteiger partial charge in [0.2, 0.25) is 0 Å². The molecular formula is C12H7Br3F2S.